The second kappa shape index (κ2) is 5.44. The molecular formula is C13H16F3N5. The van der Waals surface area contributed by atoms with Crippen LogP contribution < -0.4 is 5.32 Å². The Balaban J connectivity index is 2.10. The number of aromatic nitrogens is 4. The molecule has 2 rings (SSSR count). The minimum Gasteiger partial charge on any atom is -0.308 e. The van der Waals surface area contributed by atoms with Crippen LogP contribution in [-0.2, 0) is 12.7 Å². The average molecular weight is 299 g/mol. The summed E-state index contributed by atoms with van der Waals surface area (Å²) in [6, 6.07) is 0.887. The van der Waals surface area contributed by atoms with Gasteiger partial charge in [0.25, 0.3) is 0 Å². The second-order valence-electron chi connectivity index (χ2n) is 5.64. The van der Waals surface area contributed by atoms with Crippen LogP contribution in [0.1, 0.15) is 32.0 Å². The summed E-state index contributed by atoms with van der Waals surface area (Å²) in [5.74, 6) is 0.102. The van der Waals surface area contributed by atoms with E-state index in [0.717, 1.165) is 16.3 Å². The highest BCUT2D eigenvalue weighted by atomic mass is 19.4. The zero-order chi connectivity index (χ0) is 15.7. The van der Waals surface area contributed by atoms with Crippen molar-refractivity contribution in [1.82, 2.24) is 25.1 Å². The van der Waals surface area contributed by atoms with Gasteiger partial charge in [-0.3, -0.25) is 0 Å². The van der Waals surface area contributed by atoms with Gasteiger partial charge < -0.3 is 5.32 Å². The zero-order valence-corrected chi connectivity index (χ0v) is 11.9. The maximum atomic E-state index is 12.5. The van der Waals surface area contributed by atoms with E-state index in [1.54, 1.807) is 12.4 Å². The van der Waals surface area contributed by atoms with Gasteiger partial charge in [-0.25, -0.2) is 14.6 Å². The molecule has 0 aliphatic heterocycles. The highest BCUT2D eigenvalue weighted by Gasteiger charge is 2.33. The number of hydrogen-bond acceptors (Lipinski definition) is 4. The van der Waals surface area contributed by atoms with Crippen LogP contribution in [-0.4, -0.2) is 25.3 Å². The highest BCUT2D eigenvalue weighted by Crippen LogP contribution is 2.27. The third-order valence-electron chi connectivity index (χ3n) is 2.60. The van der Waals surface area contributed by atoms with Gasteiger partial charge in [-0.1, -0.05) is 0 Å². The molecule has 0 amide bonds. The molecule has 0 saturated carbocycles. The Morgan fingerprint density at radius 2 is 1.76 bits per heavy atom. The molecule has 0 atom stereocenters. The molecule has 0 bridgehead atoms. The fraction of sp³-hybridized carbons (Fsp3) is 0.462. The fourth-order valence-corrected chi connectivity index (χ4v) is 1.51. The Bertz CT molecular complexity index is 596. The van der Waals surface area contributed by atoms with E-state index in [1.165, 1.54) is 6.20 Å². The minimum absolute atomic E-state index is 0.0394. The molecule has 0 spiro atoms. The van der Waals surface area contributed by atoms with Crippen LogP contribution in [0.25, 0.3) is 5.95 Å². The lowest BCUT2D eigenvalue weighted by Gasteiger charge is -2.20. The lowest BCUT2D eigenvalue weighted by atomic mass is 10.1. The number of halogens is 3. The molecule has 0 fully saturated rings. The number of alkyl halides is 3. The smallest absolute Gasteiger partial charge is 0.308 e. The van der Waals surface area contributed by atoms with E-state index >= 15 is 0 Å². The van der Waals surface area contributed by atoms with E-state index < -0.39 is 11.9 Å². The quantitative estimate of drug-likeness (QED) is 0.946. The largest absolute Gasteiger partial charge is 0.435 e. The molecule has 0 aliphatic rings. The molecule has 0 radical (unpaired) electrons. The summed E-state index contributed by atoms with van der Waals surface area (Å²) < 4.78 is 38.4. The third-order valence-corrected chi connectivity index (χ3v) is 2.60. The Kier molecular flexibility index (Phi) is 3.99. The van der Waals surface area contributed by atoms with Crippen LogP contribution in [0.5, 0.6) is 0 Å². The topological polar surface area (TPSA) is 55.6 Å². The molecule has 2 aromatic heterocycles. The summed E-state index contributed by atoms with van der Waals surface area (Å²) >= 11 is 0. The van der Waals surface area contributed by atoms with Gasteiger partial charge in [-0.15, -0.1) is 0 Å². The molecule has 0 aromatic carbocycles. The average Bonchev–Trinajstić information content (AvgIpc) is 2.85. The SMILES string of the molecule is CC(C)(C)NCc1cnc(-n2ccc(C(F)(F)F)n2)nc1. The van der Waals surface area contributed by atoms with Gasteiger partial charge in [-0.2, -0.15) is 18.3 Å². The predicted molar refractivity (Wildman–Crippen MR) is 70.7 cm³/mol. The van der Waals surface area contributed by atoms with E-state index in [4.69, 9.17) is 0 Å². The van der Waals surface area contributed by atoms with Crippen molar-refractivity contribution in [1.29, 1.82) is 0 Å². The van der Waals surface area contributed by atoms with Crippen molar-refractivity contribution in [3.05, 3.63) is 35.9 Å². The predicted octanol–water partition coefficient (Wildman–Crippen LogP) is 2.57. The van der Waals surface area contributed by atoms with Gasteiger partial charge >= 0.3 is 6.18 Å². The molecule has 21 heavy (non-hydrogen) atoms. The van der Waals surface area contributed by atoms with E-state index in [0.29, 0.717) is 6.54 Å². The van der Waals surface area contributed by atoms with Gasteiger partial charge in [0, 0.05) is 36.2 Å². The van der Waals surface area contributed by atoms with Crippen molar-refractivity contribution in [2.75, 3.05) is 0 Å². The van der Waals surface area contributed by atoms with Crippen molar-refractivity contribution in [3.8, 4) is 5.95 Å². The summed E-state index contributed by atoms with van der Waals surface area (Å²) in [6.45, 7) is 6.68. The molecule has 1 N–H and O–H groups in total. The first-order valence-electron chi connectivity index (χ1n) is 6.34. The Morgan fingerprint density at radius 3 is 2.24 bits per heavy atom. The molecule has 0 unspecified atom stereocenters. The molecule has 114 valence electrons. The van der Waals surface area contributed by atoms with Crippen molar-refractivity contribution in [2.45, 2.75) is 39.0 Å². The van der Waals surface area contributed by atoms with Gasteiger partial charge in [0.15, 0.2) is 5.69 Å². The van der Waals surface area contributed by atoms with Crippen LogP contribution >= 0.6 is 0 Å². The molecule has 2 heterocycles. The molecule has 8 heteroatoms. The van der Waals surface area contributed by atoms with Crippen LogP contribution in [0.2, 0.25) is 0 Å². The number of nitrogens with one attached hydrogen (secondary N) is 1. The summed E-state index contributed by atoms with van der Waals surface area (Å²) in [5.41, 5.74) is -0.163. The number of rotatable bonds is 3. The van der Waals surface area contributed by atoms with Gasteiger partial charge in [0.05, 0.1) is 0 Å². The summed E-state index contributed by atoms with van der Waals surface area (Å²) in [4.78, 5) is 8.05. The lowest BCUT2D eigenvalue weighted by Crippen LogP contribution is -2.35. The second-order valence-corrected chi connectivity index (χ2v) is 5.64. The monoisotopic (exact) mass is 299 g/mol. The van der Waals surface area contributed by atoms with Crippen LogP contribution in [0.4, 0.5) is 13.2 Å². The maximum Gasteiger partial charge on any atom is 0.435 e. The first-order valence-corrected chi connectivity index (χ1v) is 6.34. The van der Waals surface area contributed by atoms with E-state index in [1.807, 2.05) is 20.8 Å². The molecule has 5 nitrogen and oxygen atoms in total. The van der Waals surface area contributed by atoms with Crippen molar-refractivity contribution in [2.24, 2.45) is 0 Å². The maximum absolute atomic E-state index is 12.5. The van der Waals surface area contributed by atoms with Crippen LogP contribution in [0.15, 0.2) is 24.7 Å². The van der Waals surface area contributed by atoms with Crippen molar-refractivity contribution < 1.29 is 13.2 Å². The van der Waals surface area contributed by atoms with Crippen LogP contribution in [0, 0.1) is 0 Å². The molecule has 0 saturated heterocycles. The van der Waals surface area contributed by atoms with E-state index in [2.05, 4.69) is 20.4 Å². The van der Waals surface area contributed by atoms with Crippen molar-refractivity contribution in [3.63, 3.8) is 0 Å². The third kappa shape index (κ3) is 4.25. The number of hydrogen-bond donors (Lipinski definition) is 1. The number of nitrogens with zero attached hydrogens (tertiary/aromatic N) is 4. The van der Waals surface area contributed by atoms with Gasteiger partial charge in [0.1, 0.15) is 0 Å². The highest BCUT2D eigenvalue weighted by molar-refractivity contribution is 5.16. The fourth-order valence-electron chi connectivity index (χ4n) is 1.51. The standard InChI is InChI=1S/C13H16F3N5/c1-12(2,3)19-8-9-6-17-11(18-7-9)21-5-4-10(20-21)13(14,15)16/h4-7,19H,8H2,1-3H3. The minimum atomic E-state index is -4.47. The summed E-state index contributed by atoms with van der Waals surface area (Å²) in [5, 5.41) is 6.69. The summed E-state index contributed by atoms with van der Waals surface area (Å²) in [6.07, 6.45) is -0.154. The lowest BCUT2D eigenvalue weighted by molar-refractivity contribution is -0.141. The van der Waals surface area contributed by atoms with E-state index in [-0.39, 0.29) is 11.5 Å². The van der Waals surface area contributed by atoms with E-state index in [9.17, 15) is 13.2 Å². The first-order chi connectivity index (χ1) is 9.65. The normalized spacial score (nSPS) is 12.7. The van der Waals surface area contributed by atoms with Crippen LogP contribution in [0.3, 0.4) is 0 Å². The van der Waals surface area contributed by atoms with Gasteiger partial charge in [0.2, 0.25) is 5.95 Å². The zero-order valence-electron chi connectivity index (χ0n) is 11.9. The van der Waals surface area contributed by atoms with Crippen molar-refractivity contribution >= 4 is 0 Å². The summed E-state index contributed by atoms with van der Waals surface area (Å²) in [7, 11) is 0. The molecule has 0 aliphatic carbocycles. The molecular weight excluding hydrogens is 283 g/mol. The Hall–Kier alpha value is -1.96. The first kappa shape index (κ1) is 15.4. The Labute approximate surface area is 120 Å². The Morgan fingerprint density at radius 1 is 1.14 bits per heavy atom. The molecule has 2 aromatic rings. The van der Waals surface area contributed by atoms with Gasteiger partial charge in [-0.05, 0) is 26.8 Å².